The molecule has 0 spiro atoms. The van der Waals surface area contributed by atoms with Crippen molar-refractivity contribution in [3.8, 4) is 0 Å². The van der Waals surface area contributed by atoms with E-state index in [0.717, 1.165) is 34.0 Å². The number of rotatable bonds is 3. The van der Waals surface area contributed by atoms with E-state index in [-0.39, 0.29) is 11.5 Å². The van der Waals surface area contributed by atoms with Gasteiger partial charge in [-0.05, 0) is 61.4 Å². The van der Waals surface area contributed by atoms with Crippen LogP contribution in [0, 0.1) is 0 Å². The molecule has 0 aromatic heterocycles. The van der Waals surface area contributed by atoms with Crippen molar-refractivity contribution >= 4 is 27.3 Å². The maximum atomic E-state index is 12.8. The first-order valence-electron chi connectivity index (χ1n) is 7.88. The summed E-state index contributed by atoms with van der Waals surface area (Å²) in [7, 11) is 0. The summed E-state index contributed by atoms with van der Waals surface area (Å²) in [5.74, 6) is 0.0390. The Balaban J connectivity index is 2.29. The van der Waals surface area contributed by atoms with Gasteiger partial charge in [0.2, 0.25) is 0 Å². The van der Waals surface area contributed by atoms with Gasteiger partial charge in [0.15, 0.2) is 5.78 Å². The minimum atomic E-state index is -0.711. The summed E-state index contributed by atoms with van der Waals surface area (Å²) in [5, 5.41) is 10.8. The quantitative estimate of drug-likeness (QED) is 0.866. The number of halogens is 1. The number of aliphatic hydroxyl groups excluding tert-OH is 1. The van der Waals surface area contributed by atoms with Gasteiger partial charge in [-0.1, -0.05) is 29.8 Å². The lowest BCUT2D eigenvalue weighted by atomic mass is 9.85. The van der Waals surface area contributed by atoms with Crippen molar-refractivity contribution in [2.24, 2.45) is 0 Å². The second-order valence-electron chi connectivity index (χ2n) is 6.27. The molecule has 4 heteroatoms. The number of hydrogen-bond acceptors (Lipinski definition) is 3. The summed E-state index contributed by atoms with van der Waals surface area (Å²) < 4.78 is 6.78. The predicted octanol–water partition coefficient (Wildman–Crippen LogP) is 4.36. The van der Waals surface area contributed by atoms with E-state index in [2.05, 4.69) is 29.8 Å². The van der Waals surface area contributed by atoms with E-state index in [1.165, 1.54) is 0 Å². The zero-order valence-electron chi connectivity index (χ0n) is 13.2. The van der Waals surface area contributed by atoms with Crippen LogP contribution in [0.2, 0.25) is 0 Å². The van der Waals surface area contributed by atoms with Gasteiger partial charge >= 0.3 is 0 Å². The van der Waals surface area contributed by atoms with E-state index in [1.54, 1.807) is 0 Å². The molecule has 1 aromatic carbocycles. The van der Waals surface area contributed by atoms with Crippen LogP contribution < -0.4 is 0 Å². The van der Waals surface area contributed by atoms with E-state index < -0.39 is 11.7 Å². The summed E-state index contributed by atoms with van der Waals surface area (Å²) in [5.41, 5.74) is 2.86. The van der Waals surface area contributed by atoms with Crippen LogP contribution in [0.15, 0.2) is 22.4 Å². The minimum absolute atomic E-state index is 0.0702. The van der Waals surface area contributed by atoms with Gasteiger partial charge in [-0.25, -0.2) is 0 Å². The molecular formula is C18H21BrO3. The maximum Gasteiger partial charge on any atom is 0.195 e. The molecule has 118 valence electrons. The van der Waals surface area contributed by atoms with Crippen LogP contribution in [-0.4, -0.2) is 22.6 Å². The summed E-state index contributed by atoms with van der Waals surface area (Å²) in [6.07, 6.45) is 2.59. The lowest BCUT2D eigenvalue weighted by Crippen LogP contribution is -2.38. The van der Waals surface area contributed by atoms with Crippen molar-refractivity contribution in [2.45, 2.75) is 58.2 Å². The van der Waals surface area contributed by atoms with Crippen molar-refractivity contribution in [1.82, 2.24) is 0 Å². The summed E-state index contributed by atoms with van der Waals surface area (Å²) >= 11 is 3.54. The van der Waals surface area contributed by atoms with Crippen molar-refractivity contribution in [2.75, 3.05) is 0 Å². The van der Waals surface area contributed by atoms with Crippen molar-refractivity contribution in [3.05, 3.63) is 39.1 Å². The van der Waals surface area contributed by atoms with Gasteiger partial charge < -0.3 is 9.84 Å². The van der Waals surface area contributed by atoms with Gasteiger partial charge in [-0.15, -0.1) is 0 Å². The van der Waals surface area contributed by atoms with E-state index in [0.29, 0.717) is 18.4 Å². The smallest absolute Gasteiger partial charge is 0.195 e. The molecule has 1 fully saturated rings. The fourth-order valence-corrected chi connectivity index (χ4v) is 4.14. The van der Waals surface area contributed by atoms with E-state index >= 15 is 0 Å². The number of carbonyl (C=O) groups is 1. The fraction of sp³-hybridized carbons (Fsp3) is 0.500. The first-order chi connectivity index (χ1) is 10.4. The third-order valence-corrected chi connectivity index (χ3v) is 5.30. The molecule has 2 aliphatic heterocycles. The van der Waals surface area contributed by atoms with Crippen LogP contribution in [0.1, 0.15) is 50.3 Å². The normalized spacial score (nSPS) is 27.6. The van der Waals surface area contributed by atoms with Crippen LogP contribution in [0.25, 0.3) is 5.57 Å². The molecule has 22 heavy (non-hydrogen) atoms. The van der Waals surface area contributed by atoms with E-state index in [1.807, 2.05) is 19.1 Å². The molecule has 1 N–H and O–H groups in total. The Morgan fingerprint density at radius 1 is 1.32 bits per heavy atom. The molecule has 2 aliphatic rings. The van der Waals surface area contributed by atoms with E-state index in [9.17, 15) is 9.90 Å². The van der Waals surface area contributed by atoms with Crippen molar-refractivity contribution < 1.29 is 14.6 Å². The second kappa shape index (κ2) is 5.50. The average molecular weight is 365 g/mol. The highest BCUT2D eigenvalue weighted by molar-refractivity contribution is 9.10. The monoisotopic (exact) mass is 364 g/mol. The van der Waals surface area contributed by atoms with Gasteiger partial charge in [0.25, 0.3) is 0 Å². The zero-order chi connectivity index (χ0) is 16.1. The van der Waals surface area contributed by atoms with Gasteiger partial charge in [0.1, 0.15) is 17.5 Å². The Morgan fingerprint density at radius 2 is 1.91 bits per heavy atom. The molecule has 3 rings (SSSR count). The third kappa shape index (κ3) is 2.24. The minimum Gasteiger partial charge on any atom is -0.508 e. The molecule has 1 aromatic rings. The third-order valence-electron chi connectivity index (χ3n) is 4.84. The maximum absolute atomic E-state index is 12.8. The number of aliphatic hydroxyl groups is 1. The first-order valence-corrected chi connectivity index (χ1v) is 8.68. The largest absolute Gasteiger partial charge is 0.508 e. The highest BCUT2D eigenvalue weighted by atomic mass is 79.9. The Kier molecular flexibility index (Phi) is 3.94. The molecule has 3 nitrogen and oxygen atoms in total. The molecule has 0 saturated carbocycles. The summed E-state index contributed by atoms with van der Waals surface area (Å²) in [6.45, 7) is 6.02. The predicted molar refractivity (Wildman–Crippen MR) is 90.0 cm³/mol. The van der Waals surface area contributed by atoms with Crippen molar-refractivity contribution in [1.29, 1.82) is 0 Å². The fourth-order valence-electron chi connectivity index (χ4n) is 3.58. The number of ether oxygens (including phenoxy) is 1. The molecular weight excluding hydrogens is 344 g/mol. The molecule has 2 atom stereocenters. The van der Waals surface area contributed by atoms with Gasteiger partial charge in [0.05, 0.1) is 5.57 Å². The second-order valence-corrected chi connectivity index (χ2v) is 7.19. The standard InChI is InChI=1S/C18H21BrO3/c1-4-10-8-12(19)9-11(5-2)14(10)15-16(20)13-6-7-18(3,22-13)17(15)21/h8-9,13,21H,4-7H2,1-3H3. The molecule has 2 unspecified atom stereocenters. The number of hydrogen-bond donors (Lipinski definition) is 1. The summed E-state index contributed by atoms with van der Waals surface area (Å²) in [4.78, 5) is 12.8. The van der Waals surface area contributed by atoms with Gasteiger partial charge in [-0.3, -0.25) is 4.79 Å². The Hall–Kier alpha value is -1.13. The van der Waals surface area contributed by atoms with Gasteiger partial charge in [0, 0.05) is 4.47 Å². The first kappa shape index (κ1) is 15.8. The number of benzene rings is 1. The van der Waals surface area contributed by atoms with Crippen LogP contribution in [0.4, 0.5) is 0 Å². The zero-order valence-corrected chi connectivity index (χ0v) is 14.8. The number of Topliss-reactive ketones (excluding diaryl/α,β-unsaturated/α-hetero) is 1. The Labute approximate surface area is 139 Å². The molecule has 0 radical (unpaired) electrons. The van der Waals surface area contributed by atoms with Crippen LogP contribution >= 0.6 is 15.9 Å². The average Bonchev–Trinajstić information content (AvgIpc) is 2.87. The molecule has 2 heterocycles. The molecule has 0 aliphatic carbocycles. The number of carbonyl (C=O) groups excluding carboxylic acids is 1. The van der Waals surface area contributed by atoms with Crippen LogP contribution in [0.5, 0.6) is 0 Å². The van der Waals surface area contributed by atoms with E-state index in [4.69, 9.17) is 4.74 Å². The SMILES string of the molecule is CCc1cc(Br)cc(CC)c1C1=C(O)C2(C)CCC(O2)C1=O. The number of fused-ring (bicyclic) bond motifs is 2. The lowest BCUT2D eigenvalue weighted by molar-refractivity contribution is -0.130. The molecule has 1 saturated heterocycles. The van der Waals surface area contributed by atoms with Crippen LogP contribution in [0.3, 0.4) is 0 Å². The molecule has 0 amide bonds. The van der Waals surface area contributed by atoms with Crippen molar-refractivity contribution in [3.63, 3.8) is 0 Å². The van der Waals surface area contributed by atoms with Crippen LogP contribution in [-0.2, 0) is 22.4 Å². The lowest BCUT2D eigenvalue weighted by Gasteiger charge is -2.32. The topological polar surface area (TPSA) is 46.5 Å². The highest BCUT2D eigenvalue weighted by Gasteiger charge is 2.50. The highest BCUT2D eigenvalue weighted by Crippen LogP contribution is 2.46. The summed E-state index contributed by atoms with van der Waals surface area (Å²) in [6, 6.07) is 4.09. The Bertz CT molecular complexity index is 652. The number of aryl methyl sites for hydroxylation is 2. The molecule has 2 bridgehead atoms. The number of ketones is 1. The Morgan fingerprint density at radius 3 is 2.45 bits per heavy atom. The van der Waals surface area contributed by atoms with Gasteiger partial charge in [-0.2, -0.15) is 0 Å².